The molecule has 3 aromatic rings. The lowest BCUT2D eigenvalue weighted by Crippen LogP contribution is -2.15. The highest BCUT2D eigenvalue weighted by molar-refractivity contribution is 6.07. The topological polar surface area (TPSA) is 117 Å². The minimum atomic E-state index is -0.564. The first-order chi connectivity index (χ1) is 16.3. The fraction of sp³-hybridized carbons (Fsp3) is 0.231. The number of anilines is 2. The second-order valence-electron chi connectivity index (χ2n) is 7.85. The van der Waals surface area contributed by atoms with E-state index in [2.05, 4.69) is 10.6 Å². The van der Waals surface area contributed by atoms with Crippen LogP contribution in [0.3, 0.4) is 0 Å². The first-order valence-electron chi connectivity index (χ1n) is 10.8. The van der Waals surface area contributed by atoms with Gasteiger partial charge in [-0.25, -0.2) is 0 Å². The summed E-state index contributed by atoms with van der Waals surface area (Å²) in [5, 5.41) is 24.1. The molecule has 0 aliphatic carbocycles. The lowest BCUT2D eigenvalue weighted by atomic mass is 10.1. The number of benzene rings is 3. The first-order valence-corrected chi connectivity index (χ1v) is 10.8. The summed E-state index contributed by atoms with van der Waals surface area (Å²) in [6.45, 7) is 3.65. The lowest BCUT2D eigenvalue weighted by Gasteiger charge is -2.10. The highest BCUT2D eigenvalue weighted by Gasteiger charge is 2.10. The summed E-state index contributed by atoms with van der Waals surface area (Å²) in [4.78, 5) is 25.0. The number of hydrogen-bond donors (Lipinski definition) is 4. The van der Waals surface area contributed by atoms with E-state index in [0.717, 1.165) is 0 Å². The Morgan fingerprint density at radius 1 is 0.647 bits per heavy atom. The van der Waals surface area contributed by atoms with Crippen molar-refractivity contribution in [3.63, 3.8) is 0 Å². The minimum Gasteiger partial charge on any atom is -0.491 e. The van der Waals surface area contributed by atoms with E-state index >= 15 is 0 Å². The Morgan fingerprint density at radius 2 is 0.971 bits per heavy atom. The highest BCUT2D eigenvalue weighted by atomic mass is 16.5. The molecular weight excluding hydrogens is 436 g/mol. The molecule has 34 heavy (non-hydrogen) atoms. The van der Waals surface area contributed by atoms with E-state index in [1.807, 2.05) is 0 Å². The summed E-state index contributed by atoms with van der Waals surface area (Å²) in [5.41, 5.74) is 2.00. The molecule has 3 aromatic carbocycles. The number of amides is 2. The number of nitrogens with one attached hydrogen (secondary N) is 2. The Bertz CT molecular complexity index is 989. The fourth-order valence-electron chi connectivity index (χ4n) is 2.88. The zero-order chi connectivity index (χ0) is 24.5. The zero-order valence-electron chi connectivity index (χ0n) is 19.0. The molecule has 4 N–H and O–H groups in total. The van der Waals surface area contributed by atoms with E-state index in [-0.39, 0.29) is 25.0 Å². The van der Waals surface area contributed by atoms with Crippen LogP contribution in [0.5, 0.6) is 11.5 Å². The highest BCUT2D eigenvalue weighted by Crippen LogP contribution is 2.19. The van der Waals surface area contributed by atoms with E-state index in [0.29, 0.717) is 34.0 Å². The average Bonchev–Trinajstić information content (AvgIpc) is 2.83. The molecule has 0 spiro atoms. The molecule has 0 bridgehead atoms. The average molecular weight is 465 g/mol. The normalized spacial score (nSPS) is 12.4. The van der Waals surface area contributed by atoms with Crippen LogP contribution in [0, 0.1) is 0 Å². The lowest BCUT2D eigenvalue weighted by molar-refractivity contribution is 0.101. The number of hydrogen-bond acceptors (Lipinski definition) is 6. The predicted molar refractivity (Wildman–Crippen MR) is 130 cm³/mol. The van der Waals surface area contributed by atoms with Crippen LogP contribution in [-0.2, 0) is 0 Å². The van der Waals surface area contributed by atoms with Gasteiger partial charge in [0.05, 0.1) is 12.2 Å². The molecule has 2 unspecified atom stereocenters. The van der Waals surface area contributed by atoms with Crippen LogP contribution in [0.15, 0.2) is 72.8 Å². The van der Waals surface area contributed by atoms with Crippen LogP contribution in [-0.4, -0.2) is 47.4 Å². The quantitative estimate of drug-likeness (QED) is 0.363. The Hall–Kier alpha value is -3.88. The molecule has 8 nitrogen and oxygen atoms in total. The summed E-state index contributed by atoms with van der Waals surface area (Å²) in [7, 11) is 0. The van der Waals surface area contributed by atoms with Crippen LogP contribution in [0.2, 0.25) is 0 Å². The second kappa shape index (κ2) is 11.8. The van der Waals surface area contributed by atoms with Crippen LogP contribution in [0.1, 0.15) is 34.6 Å². The second-order valence-corrected chi connectivity index (χ2v) is 7.85. The number of carbonyl (C=O) groups is 2. The van der Waals surface area contributed by atoms with E-state index in [4.69, 9.17) is 9.47 Å². The molecule has 2 amide bonds. The molecule has 0 saturated carbocycles. The summed E-state index contributed by atoms with van der Waals surface area (Å²) < 4.78 is 10.8. The van der Waals surface area contributed by atoms with Gasteiger partial charge in [0.1, 0.15) is 24.7 Å². The third-order valence-electron chi connectivity index (χ3n) is 4.62. The van der Waals surface area contributed by atoms with Crippen LogP contribution in [0.4, 0.5) is 11.4 Å². The van der Waals surface area contributed by atoms with Gasteiger partial charge in [0, 0.05) is 22.5 Å². The molecule has 0 fully saturated rings. The molecule has 3 rings (SSSR count). The number of carbonyl (C=O) groups excluding carboxylic acids is 2. The first kappa shape index (κ1) is 24.8. The number of ether oxygens (including phenoxy) is 2. The van der Waals surface area contributed by atoms with E-state index in [1.54, 1.807) is 86.6 Å². The minimum absolute atomic E-state index is 0.190. The maximum atomic E-state index is 12.5. The van der Waals surface area contributed by atoms with Gasteiger partial charge in [-0.05, 0) is 86.6 Å². The fourth-order valence-corrected chi connectivity index (χ4v) is 2.88. The molecule has 0 aromatic heterocycles. The third kappa shape index (κ3) is 7.61. The molecule has 2 atom stereocenters. The molecule has 0 saturated heterocycles. The van der Waals surface area contributed by atoms with Gasteiger partial charge in [0.2, 0.25) is 0 Å². The van der Waals surface area contributed by atoms with Crippen molar-refractivity contribution in [1.82, 2.24) is 0 Å². The van der Waals surface area contributed by atoms with Crippen LogP contribution < -0.4 is 20.1 Å². The molecule has 178 valence electrons. The van der Waals surface area contributed by atoms with Crippen molar-refractivity contribution in [2.24, 2.45) is 0 Å². The predicted octanol–water partition coefficient (Wildman–Crippen LogP) is 3.71. The smallest absolute Gasteiger partial charge is 0.255 e. The largest absolute Gasteiger partial charge is 0.491 e. The van der Waals surface area contributed by atoms with Crippen molar-refractivity contribution < 1.29 is 29.3 Å². The summed E-state index contributed by atoms with van der Waals surface area (Å²) in [5.74, 6) is 0.571. The summed E-state index contributed by atoms with van der Waals surface area (Å²) >= 11 is 0. The van der Waals surface area contributed by atoms with Gasteiger partial charge in [-0.15, -0.1) is 0 Å². The molecule has 0 radical (unpaired) electrons. The number of rotatable bonds is 10. The third-order valence-corrected chi connectivity index (χ3v) is 4.62. The van der Waals surface area contributed by atoms with Gasteiger partial charge < -0.3 is 30.3 Å². The number of aliphatic hydroxyl groups is 2. The SMILES string of the molecule is CC(O)COc1ccc(NC(=O)c2ccc(C(=O)Nc3ccc(OCC(C)O)cc3)cc2)cc1. The van der Waals surface area contributed by atoms with Crippen LogP contribution in [0.25, 0.3) is 0 Å². The molecule has 8 heteroatoms. The van der Waals surface area contributed by atoms with Crippen molar-refractivity contribution in [2.45, 2.75) is 26.1 Å². The standard InChI is InChI=1S/C26H28N2O6/c1-17(29)15-33-23-11-7-21(8-12-23)27-25(31)19-3-5-20(6-4-19)26(32)28-22-9-13-24(14-10-22)34-16-18(2)30/h3-14,17-18,29-30H,15-16H2,1-2H3,(H,27,31)(H,28,32). The number of aliphatic hydroxyl groups excluding tert-OH is 2. The zero-order valence-corrected chi connectivity index (χ0v) is 19.0. The van der Waals surface area contributed by atoms with Gasteiger partial charge >= 0.3 is 0 Å². The van der Waals surface area contributed by atoms with Crippen molar-refractivity contribution in [1.29, 1.82) is 0 Å². The Balaban J connectivity index is 1.53. The van der Waals surface area contributed by atoms with E-state index < -0.39 is 12.2 Å². The molecule has 0 aliphatic rings. The Kier molecular flexibility index (Phi) is 8.61. The van der Waals surface area contributed by atoms with Crippen molar-refractivity contribution in [3.8, 4) is 11.5 Å². The van der Waals surface area contributed by atoms with Gasteiger partial charge in [0.25, 0.3) is 11.8 Å². The summed E-state index contributed by atoms with van der Waals surface area (Å²) in [6.07, 6.45) is -1.13. The van der Waals surface area contributed by atoms with Crippen molar-refractivity contribution in [3.05, 3.63) is 83.9 Å². The Labute approximate surface area is 198 Å². The molecule has 0 aliphatic heterocycles. The molecular formula is C26H28N2O6. The molecule has 0 heterocycles. The van der Waals surface area contributed by atoms with Gasteiger partial charge in [-0.1, -0.05) is 0 Å². The van der Waals surface area contributed by atoms with Gasteiger partial charge in [0.15, 0.2) is 0 Å². The monoisotopic (exact) mass is 464 g/mol. The van der Waals surface area contributed by atoms with Gasteiger partial charge in [-0.3, -0.25) is 9.59 Å². The van der Waals surface area contributed by atoms with Crippen molar-refractivity contribution in [2.75, 3.05) is 23.8 Å². The maximum Gasteiger partial charge on any atom is 0.255 e. The van der Waals surface area contributed by atoms with E-state index in [1.165, 1.54) is 0 Å². The Morgan fingerprint density at radius 3 is 1.26 bits per heavy atom. The van der Waals surface area contributed by atoms with Crippen LogP contribution >= 0.6 is 0 Å². The maximum absolute atomic E-state index is 12.5. The van der Waals surface area contributed by atoms with Crippen molar-refractivity contribution >= 4 is 23.2 Å². The van der Waals surface area contributed by atoms with E-state index in [9.17, 15) is 19.8 Å². The summed E-state index contributed by atoms with van der Waals surface area (Å²) in [6, 6.07) is 20.0. The van der Waals surface area contributed by atoms with Gasteiger partial charge in [-0.2, -0.15) is 0 Å².